The molecule has 0 radical (unpaired) electrons. The molecule has 0 saturated heterocycles. The number of rotatable bonds is 30. The van der Waals surface area contributed by atoms with Crippen LogP contribution < -0.4 is 0 Å². The summed E-state index contributed by atoms with van der Waals surface area (Å²) in [6.07, 6.45) is 25.6. The first-order valence-corrected chi connectivity index (χ1v) is 17.3. The van der Waals surface area contributed by atoms with Gasteiger partial charge in [0.15, 0.2) is 0 Å². The van der Waals surface area contributed by atoms with Crippen molar-refractivity contribution in [2.24, 2.45) is 17.8 Å². The Labute approximate surface area is 257 Å². The second-order valence-electron chi connectivity index (χ2n) is 12.6. The van der Waals surface area contributed by atoms with E-state index in [-0.39, 0.29) is 24.1 Å². The van der Waals surface area contributed by atoms with E-state index in [1.54, 1.807) is 0 Å². The zero-order valence-electron chi connectivity index (χ0n) is 27.7. The van der Waals surface area contributed by atoms with Gasteiger partial charge in [-0.1, -0.05) is 110 Å². The molecule has 0 spiro atoms. The molecule has 0 aliphatic carbocycles. The highest BCUT2D eigenvalue weighted by molar-refractivity contribution is 5.71. The minimum Gasteiger partial charge on any atom is -0.481 e. The van der Waals surface area contributed by atoms with Crippen LogP contribution in [0.2, 0.25) is 0 Å². The lowest BCUT2D eigenvalue weighted by Gasteiger charge is -2.43. The lowest BCUT2D eigenvalue weighted by atomic mass is 9.95. The Morgan fingerprint density at radius 2 is 0.810 bits per heavy atom. The standard InChI is InChI=1S/C35H65NO6/c1-5-9-10-11-12-13-14-15-16-17-18-19-20-21-22-23-24-25-26-36(27-30(6-2)33(37)38,28-31(7-3)34(39)40)29-32(8-4)35(41)42/h10-11,30-32H,5-9,12-29H2,1-4H3,(H2-,37,38,39,40,41,42)/p+1/b11-10+. The van der Waals surface area contributed by atoms with Crippen molar-refractivity contribution in [3.63, 3.8) is 0 Å². The number of nitrogens with zero attached hydrogens (tertiary/aromatic N) is 1. The maximum absolute atomic E-state index is 12.0. The normalized spacial score (nSPS) is 15.3. The Hall–Kier alpha value is -1.89. The summed E-state index contributed by atoms with van der Waals surface area (Å²) in [6.45, 7) is 9.22. The molecule has 0 aromatic carbocycles. The topological polar surface area (TPSA) is 112 Å². The van der Waals surface area contributed by atoms with E-state index in [1.165, 1.54) is 83.5 Å². The highest BCUT2D eigenvalue weighted by Gasteiger charge is 2.40. The number of allylic oxidation sites excluding steroid dienone is 2. The fraction of sp³-hybridized carbons (Fsp3) is 0.857. The molecule has 0 aliphatic heterocycles. The predicted octanol–water partition coefficient (Wildman–Crippen LogP) is 8.95. The minimum atomic E-state index is -0.887. The van der Waals surface area contributed by atoms with Crippen LogP contribution in [0.25, 0.3) is 0 Å². The average molecular weight is 597 g/mol. The van der Waals surface area contributed by atoms with E-state index >= 15 is 0 Å². The lowest BCUT2D eigenvalue weighted by molar-refractivity contribution is -0.935. The van der Waals surface area contributed by atoms with Crippen molar-refractivity contribution in [1.29, 1.82) is 0 Å². The zero-order valence-corrected chi connectivity index (χ0v) is 27.7. The van der Waals surface area contributed by atoms with Gasteiger partial charge in [-0.25, -0.2) is 0 Å². The molecule has 0 saturated carbocycles. The van der Waals surface area contributed by atoms with Gasteiger partial charge >= 0.3 is 17.9 Å². The maximum Gasteiger partial charge on any atom is 0.312 e. The molecule has 0 bridgehead atoms. The second kappa shape index (κ2) is 25.6. The monoisotopic (exact) mass is 596 g/mol. The van der Waals surface area contributed by atoms with Crippen molar-refractivity contribution in [3.8, 4) is 0 Å². The minimum absolute atomic E-state index is 0.260. The Morgan fingerprint density at radius 3 is 1.12 bits per heavy atom. The van der Waals surface area contributed by atoms with Crippen molar-refractivity contribution in [2.45, 2.75) is 150 Å². The van der Waals surface area contributed by atoms with Crippen LogP contribution in [0.15, 0.2) is 12.2 Å². The van der Waals surface area contributed by atoms with Crippen LogP contribution in [0, 0.1) is 17.8 Å². The van der Waals surface area contributed by atoms with Crippen molar-refractivity contribution < 1.29 is 34.2 Å². The summed E-state index contributed by atoms with van der Waals surface area (Å²) >= 11 is 0. The van der Waals surface area contributed by atoms with Gasteiger partial charge in [0.1, 0.15) is 17.8 Å². The Balaban J connectivity index is 4.68. The molecule has 3 unspecified atom stereocenters. The summed E-state index contributed by atoms with van der Waals surface area (Å²) in [7, 11) is 0. The lowest BCUT2D eigenvalue weighted by Crippen LogP contribution is -2.58. The average Bonchev–Trinajstić information content (AvgIpc) is 2.96. The highest BCUT2D eigenvalue weighted by atomic mass is 16.4. The van der Waals surface area contributed by atoms with Gasteiger partial charge in [-0.3, -0.25) is 14.4 Å². The highest BCUT2D eigenvalue weighted by Crippen LogP contribution is 2.25. The molecule has 0 fully saturated rings. The number of carbonyl (C=O) groups is 3. The van der Waals surface area contributed by atoms with Gasteiger partial charge < -0.3 is 19.8 Å². The molecule has 3 N–H and O–H groups in total. The smallest absolute Gasteiger partial charge is 0.312 e. The third kappa shape index (κ3) is 19.3. The molecule has 3 atom stereocenters. The van der Waals surface area contributed by atoms with Gasteiger partial charge in [-0.2, -0.15) is 0 Å². The molecule has 0 amide bonds. The molecule has 0 aromatic rings. The summed E-state index contributed by atoms with van der Waals surface area (Å²) in [4.78, 5) is 36.0. The third-order valence-corrected chi connectivity index (χ3v) is 8.97. The summed E-state index contributed by atoms with van der Waals surface area (Å²) in [5, 5.41) is 29.5. The van der Waals surface area contributed by atoms with Crippen LogP contribution in [0.3, 0.4) is 0 Å². The molecule has 7 nitrogen and oxygen atoms in total. The van der Waals surface area contributed by atoms with Gasteiger partial charge in [0.25, 0.3) is 0 Å². The number of unbranched alkanes of at least 4 members (excludes halogenated alkanes) is 14. The second-order valence-corrected chi connectivity index (χ2v) is 12.6. The Bertz CT molecular complexity index is 677. The van der Waals surface area contributed by atoms with E-state index < -0.39 is 35.7 Å². The van der Waals surface area contributed by atoms with E-state index in [9.17, 15) is 29.7 Å². The predicted molar refractivity (Wildman–Crippen MR) is 173 cm³/mol. The van der Waals surface area contributed by atoms with Crippen LogP contribution in [-0.4, -0.2) is 63.9 Å². The summed E-state index contributed by atoms with van der Waals surface area (Å²) in [6, 6.07) is 0. The molecule has 0 aliphatic rings. The SMILES string of the molecule is CCC/C=C/CCCCCCCCCCCCCCC[N+](CC(CC)C(=O)O)(CC(CC)C(=O)O)CC(CC)C(=O)O. The Morgan fingerprint density at radius 1 is 0.500 bits per heavy atom. The van der Waals surface area contributed by atoms with Gasteiger partial charge in [-0.05, 0) is 51.4 Å². The largest absolute Gasteiger partial charge is 0.481 e. The molecular weight excluding hydrogens is 530 g/mol. The number of hydrogen-bond acceptors (Lipinski definition) is 3. The summed E-state index contributed by atoms with van der Waals surface area (Å²) < 4.78 is 0.260. The zero-order chi connectivity index (χ0) is 31.6. The van der Waals surface area contributed by atoms with E-state index in [0.29, 0.717) is 25.8 Å². The van der Waals surface area contributed by atoms with Gasteiger partial charge in [0.05, 0.1) is 26.2 Å². The van der Waals surface area contributed by atoms with E-state index in [0.717, 1.165) is 19.3 Å². The third-order valence-electron chi connectivity index (χ3n) is 8.97. The number of carboxylic acid groups (broad SMARTS) is 3. The van der Waals surface area contributed by atoms with Crippen molar-refractivity contribution in [3.05, 3.63) is 12.2 Å². The molecule has 42 heavy (non-hydrogen) atoms. The molecular formula is C35H66NO6+. The maximum atomic E-state index is 12.0. The number of carboxylic acids is 3. The van der Waals surface area contributed by atoms with Crippen LogP contribution in [0.5, 0.6) is 0 Å². The van der Waals surface area contributed by atoms with E-state index in [1.807, 2.05) is 20.8 Å². The molecule has 0 rings (SSSR count). The van der Waals surface area contributed by atoms with Crippen LogP contribution in [-0.2, 0) is 14.4 Å². The van der Waals surface area contributed by atoms with Crippen molar-refractivity contribution in [1.82, 2.24) is 0 Å². The number of quaternary nitrogens is 1. The first-order valence-electron chi connectivity index (χ1n) is 17.3. The van der Waals surface area contributed by atoms with Gasteiger partial charge in [-0.15, -0.1) is 0 Å². The fourth-order valence-corrected chi connectivity index (χ4v) is 6.10. The quantitative estimate of drug-likeness (QED) is 0.0433. The molecule has 246 valence electrons. The van der Waals surface area contributed by atoms with Crippen molar-refractivity contribution in [2.75, 3.05) is 26.2 Å². The van der Waals surface area contributed by atoms with Crippen LogP contribution >= 0.6 is 0 Å². The fourth-order valence-electron chi connectivity index (χ4n) is 6.10. The molecule has 0 aromatic heterocycles. The first kappa shape index (κ1) is 40.1. The Kier molecular flexibility index (Phi) is 24.4. The molecule has 0 heterocycles. The van der Waals surface area contributed by atoms with Crippen LogP contribution in [0.1, 0.15) is 150 Å². The van der Waals surface area contributed by atoms with Gasteiger partial charge in [0.2, 0.25) is 0 Å². The van der Waals surface area contributed by atoms with E-state index in [4.69, 9.17) is 0 Å². The number of aliphatic carboxylic acids is 3. The van der Waals surface area contributed by atoms with Gasteiger partial charge in [0, 0.05) is 0 Å². The first-order chi connectivity index (χ1) is 20.2. The van der Waals surface area contributed by atoms with Crippen LogP contribution in [0.4, 0.5) is 0 Å². The van der Waals surface area contributed by atoms with Crippen molar-refractivity contribution >= 4 is 17.9 Å². The van der Waals surface area contributed by atoms with E-state index in [2.05, 4.69) is 19.1 Å². The molecule has 7 heteroatoms. The number of hydrogen-bond donors (Lipinski definition) is 3. The summed E-state index contributed by atoms with van der Waals surface area (Å²) in [5.74, 6) is -4.51. The summed E-state index contributed by atoms with van der Waals surface area (Å²) in [5.41, 5.74) is 0.